The summed E-state index contributed by atoms with van der Waals surface area (Å²) in [5, 5.41) is 8.36. The number of halogens is 21. The molecule has 0 unspecified atom stereocenters. The average molecular weight is 670 g/mol. The molecule has 42 heavy (non-hydrogen) atoms. The van der Waals surface area contributed by atoms with E-state index >= 15 is 0 Å². The van der Waals surface area contributed by atoms with E-state index in [1.165, 1.54) is 0 Å². The Hall–Kier alpha value is -2.98. The fourth-order valence-corrected chi connectivity index (χ4v) is 2.67. The van der Waals surface area contributed by atoms with Crippen molar-refractivity contribution in [3.8, 4) is 5.75 Å². The predicted molar refractivity (Wildman–Crippen MR) is 89.1 cm³/mol. The summed E-state index contributed by atoms with van der Waals surface area (Å²) in [4.78, 5) is 10.4. The van der Waals surface area contributed by atoms with Crippen LogP contribution >= 0.6 is 0 Å². The van der Waals surface area contributed by atoms with Crippen molar-refractivity contribution >= 4 is 5.97 Å². The molecule has 0 amide bonds. The Morgan fingerprint density at radius 1 is 0.548 bits per heavy atom. The second kappa shape index (κ2) is 10.0. The molecular weight excluding hydrogens is 663 g/mol. The molecule has 0 aliphatic rings. The Kier molecular flexibility index (Phi) is 8.86. The van der Waals surface area contributed by atoms with E-state index in [9.17, 15) is 97.0 Å². The summed E-state index contributed by atoms with van der Waals surface area (Å²) in [6.07, 6.45) is -8.05. The highest BCUT2D eigenvalue weighted by Crippen LogP contribution is 2.67. The smallest absolute Gasteiger partial charge is 0.460 e. The molecule has 0 aliphatic carbocycles. The molecule has 1 rings (SSSR count). The van der Waals surface area contributed by atoms with Crippen molar-refractivity contribution in [3.05, 3.63) is 29.8 Å². The summed E-state index contributed by atoms with van der Waals surface area (Å²) >= 11 is 0. The van der Waals surface area contributed by atoms with E-state index in [2.05, 4.69) is 4.74 Å². The number of alkyl halides is 21. The van der Waals surface area contributed by atoms with Crippen molar-refractivity contribution in [1.82, 2.24) is 0 Å². The highest BCUT2D eigenvalue weighted by molar-refractivity contribution is 5.68. The van der Waals surface area contributed by atoms with E-state index in [1.54, 1.807) is 0 Å². The van der Waals surface area contributed by atoms with Crippen LogP contribution in [-0.2, 0) is 10.7 Å². The lowest BCUT2D eigenvalue weighted by atomic mass is 9.85. The fraction of sp³-hybridized carbons (Fsp3) is 0.611. The number of carboxylic acid groups (broad SMARTS) is 1. The van der Waals surface area contributed by atoms with Crippen LogP contribution in [0.2, 0.25) is 0 Å². The monoisotopic (exact) mass is 670 g/mol. The number of benzene rings is 1. The van der Waals surface area contributed by atoms with E-state index in [0.29, 0.717) is 6.07 Å². The number of carboxylic acids is 1. The maximum Gasteiger partial charge on any atom is 0.460 e. The minimum atomic E-state index is -9.25. The van der Waals surface area contributed by atoms with Gasteiger partial charge in [0.25, 0.3) is 0 Å². The van der Waals surface area contributed by atoms with E-state index in [0.717, 1.165) is 0 Å². The summed E-state index contributed by atoms with van der Waals surface area (Å²) in [6, 6.07) is -0.373. The fourth-order valence-electron chi connectivity index (χ4n) is 2.67. The zero-order chi connectivity index (χ0) is 34.0. The van der Waals surface area contributed by atoms with Gasteiger partial charge in [0.1, 0.15) is 5.75 Å². The van der Waals surface area contributed by atoms with Crippen LogP contribution in [0.3, 0.4) is 0 Å². The molecule has 0 aliphatic heterocycles. The molecule has 1 aromatic carbocycles. The van der Waals surface area contributed by atoms with Gasteiger partial charge in [-0.25, -0.2) is 4.79 Å². The van der Waals surface area contributed by atoms with Gasteiger partial charge < -0.3 is 9.84 Å². The van der Waals surface area contributed by atoms with E-state index in [-0.39, 0.29) is 6.07 Å². The molecule has 24 heteroatoms. The molecule has 0 bridgehead atoms. The third kappa shape index (κ3) is 4.90. The van der Waals surface area contributed by atoms with Crippen LogP contribution in [0, 0.1) is 0 Å². The zero-order valence-corrected chi connectivity index (χ0v) is 18.7. The highest BCUT2D eigenvalue weighted by Gasteiger charge is 2.97. The minimum absolute atomic E-state index is 0.124. The molecule has 1 aromatic rings. The quantitative estimate of drug-likeness (QED) is 0.230. The first-order valence-electron chi connectivity index (χ1n) is 9.56. The first-order chi connectivity index (χ1) is 18.1. The van der Waals surface area contributed by atoms with Crippen LogP contribution in [0.5, 0.6) is 5.75 Å². The average Bonchev–Trinajstić information content (AvgIpc) is 2.81. The number of ether oxygens (including phenoxy) is 1. The Bertz CT molecular complexity index is 1150. The normalized spacial score (nSPS) is 15.5. The van der Waals surface area contributed by atoms with Crippen LogP contribution in [-0.4, -0.2) is 71.2 Å². The molecule has 0 aromatic heterocycles. The maximum atomic E-state index is 14.3. The van der Waals surface area contributed by atoms with Crippen LogP contribution < -0.4 is 4.74 Å². The molecule has 3 nitrogen and oxygen atoms in total. The van der Waals surface area contributed by atoms with E-state index in [1.807, 2.05) is 0 Å². The summed E-state index contributed by atoms with van der Waals surface area (Å²) < 4.78 is 287. The van der Waals surface area contributed by atoms with Crippen molar-refractivity contribution in [1.29, 1.82) is 0 Å². The summed E-state index contributed by atoms with van der Waals surface area (Å²) in [5.74, 6) is -81.2. The van der Waals surface area contributed by atoms with Crippen molar-refractivity contribution in [2.24, 2.45) is 0 Å². The Labute approximate surface area is 215 Å². The number of carbonyl (C=O) groups is 1. The Morgan fingerprint density at radius 2 is 0.881 bits per heavy atom. The number of hydrogen-bond acceptors (Lipinski definition) is 2. The van der Waals surface area contributed by atoms with Gasteiger partial charge in [-0.1, -0.05) is 12.1 Å². The third-order valence-corrected chi connectivity index (χ3v) is 5.07. The molecule has 1 N–H and O–H groups in total. The second-order valence-corrected chi connectivity index (χ2v) is 7.88. The van der Waals surface area contributed by atoms with Gasteiger partial charge in [0.2, 0.25) is 0 Å². The summed E-state index contributed by atoms with van der Waals surface area (Å²) in [5.41, 5.74) is -2.66. The first kappa shape index (κ1) is 37.0. The number of aliphatic carboxylic acids is 1. The van der Waals surface area contributed by atoms with Crippen molar-refractivity contribution in [3.63, 3.8) is 0 Å². The molecule has 0 radical (unpaired) electrons. The van der Waals surface area contributed by atoms with Gasteiger partial charge in [0.05, 0.1) is 0 Å². The van der Waals surface area contributed by atoms with E-state index in [4.69, 9.17) is 5.11 Å². The zero-order valence-electron chi connectivity index (χ0n) is 18.7. The SMILES string of the molecule is O=C(O)COc1cccc(C(F)(F)C(F)(F)C(F)(F)C(F)(F)C(F)(F)C(F)(F)C(F)(F)C(F)(F)C(F)(F)C(F)(F)F)c1. The lowest BCUT2D eigenvalue weighted by Crippen LogP contribution is -2.76. The molecule has 0 saturated heterocycles. The number of hydrogen-bond donors (Lipinski definition) is 1. The third-order valence-electron chi connectivity index (χ3n) is 5.07. The topological polar surface area (TPSA) is 46.5 Å². The molecule has 0 saturated carbocycles. The van der Waals surface area contributed by atoms with Crippen molar-refractivity contribution in [2.45, 2.75) is 59.5 Å². The van der Waals surface area contributed by atoms with Crippen LogP contribution in [0.15, 0.2) is 24.3 Å². The van der Waals surface area contributed by atoms with Gasteiger partial charge in [0.15, 0.2) is 6.61 Å². The lowest BCUT2D eigenvalue weighted by molar-refractivity contribution is -0.474. The largest absolute Gasteiger partial charge is 0.482 e. The molecular formula is C18H7F21O3. The van der Waals surface area contributed by atoms with Crippen LogP contribution in [0.25, 0.3) is 0 Å². The van der Waals surface area contributed by atoms with Crippen molar-refractivity contribution in [2.75, 3.05) is 6.61 Å². The standard InChI is InChI=1S/C18H7F21O3/c19-9(20,6-2-1-3-7(4-6)42-5-8(40)41)10(21,22)11(23,24)12(25,26)13(27,28)14(29,30)15(31,32)16(33,34)17(35,36)18(37,38)39/h1-4H,5H2,(H,40,41). The number of rotatable bonds is 12. The molecule has 0 heterocycles. The van der Waals surface area contributed by atoms with Crippen LogP contribution in [0.1, 0.15) is 5.56 Å². The molecule has 0 atom stereocenters. The van der Waals surface area contributed by atoms with Gasteiger partial charge >= 0.3 is 65.4 Å². The Balaban J connectivity index is 3.78. The van der Waals surface area contributed by atoms with E-state index < -0.39 is 95.5 Å². The highest BCUT2D eigenvalue weighted by atomic mass is 19.4. The summed E-state index contributed by atoms with van der Waals surface area (Å²) in [7, 11) is 0. The van der Waals surface area contributed by atoms with Gasteiger partial charge in [-0.05, 0) is 12.1 Å². The second-order valence-electron chi connectivity index (χ2n) is 7.88. The Morgan fingerprint density at radius 3 is 1.21 bits per heavy atom. The predicted octanol–water partition coefficient (Wildman–Crippen LogP) is 7.89. The lowest BCUT2D eigenvalue weighted by Gasteiger charge is -2.44. The van der Waals surface area contributed by atoms with Crippen molar-refractivity contribution < 1.29 is 107 Å². The molecule has 0 fully saturated rings. The summed E-state index contributed by atoms with van der Waals surface area (Å²) in [6.45, 7) is -1.48. The minimum Gasteiger partial charge on any atom is -0.482 e. The molecule has 0 spiro atoms. The molecule has 244 valence electrons. The van der Waals surface area contributed by atoms with Gasteiger partial charge in [-0.2, -0.15) is 92.2 Å². The maximum absolute atomic E-state index is 14.3. The van der Waals surface area contributed by atoms with Gasteiger partial charge in [0, 0.05) is 5.56 Å². The van der Waals surface area contributed by atoms with Gasteiger partial charge in [-0.15, -0.1) is 0 Å². The van der Waals surface area contributed by atoms with Gasteiger partial charge in [-0.3, -0.25) is 0 Å². The van der Waals surface area contributed by atoms with Crippen LogP contribution in [0.4, 0.5) is 92.2 Å². The first-order valence-corrected chi connectivity index (χ1v) is 9.56.